The Balaban J connectivity index is 1.59. The minimum atomic E-state index is -0.380. The number of aryl methyl sites for hydroxylation is 1. The van der Waals surface area contributed by atoms with Gasteiger partial charge in [0.15, 0.2) is 0 Å². The molecule has 1 fully saturated rings. The Morgan fingerprint density at radius 2 is 2.16 bits per heavy atom. The highest BCUT2D eigenvalue weighted by Gasteiger charge is 2.30. The Kier molecular flexibility index (Phi) is 6.18. The molecular formula is C23H28N4O4. The summed E-state index contributed by atoms with van der Waals surface area (Å²) in [6, 6.07) is 7.67. The van der Waals surface area contributed by atoms with Crippen molar-refractivity contribution >= 4 is 17.6 Å². The van der Waals surface area contributed by atoms with Gasteiger partial charge in [0.25, 0.3) is 5.91 Å². The fourth-order valence-electron chi connectivity index (χ4n) is 4.13. The lowest BCUT2D eigenvalue weighted by Gasteiger charge is -2.30. The molecule has 0 aliphatic carbocycles. The number of benzene rings is 1. The summed E-state index contributed by atoms with van der Waals surface area (Å²) >= 11 is 0. The Hall–Kier alpha value is -3.00. The fraction of sp³-hybridized carbons (Fsp3) is 0.478. The van der Waals surface area contributed by atoms with Crippen LogP contribution in [0.3, 0.4) is 0 Å². The highest BCUT2D eigenvalue weighted by atomic mass is 16.5. The van der Waals surface area contributed by atoms with Crippen molar-refractivity contribution in [1.29, 1.82) is 0 Å². The van der Waals surface area contributed by atoms with Crippen LogP contribution in [0, 0.1) is 6.92 Å². The van der Waals surface area contributed by atoms with E-state index in [1.165, 1.54) is 0 Å². The number of aromatic nitrogens is 2. The van der Waals surface area contributed by atoms with Crippen molar-refractivity contribution in [1.82, 2.24) is 14.9 Å². The molecule has 1 saturated heterocycles. The van der Waals surface area contributed by atoms with Crippen molar-refractivity contribution < 1.29 is 19.1 Å². The number of hydrogen-bond acceptors (Lipinski definition) is 6. The first-order valence-electron chi connectivity index (χ1n) is 10.6. The van der Waals surface area contributed by atoms with Gasteiger partial charge in [0, 0.05) is 31.3 Å². The zero-order valence-corrected chi connectivity index (χ0v) is 18.3. The lowest BCUT2D eigenvalue weighted by atomic mass is 10.0. The number of carbonyl (C=O) groups is 2. The maximum atomic E-state index is 12.8. The molecule has 0 spiro atoms. The number of ether oxygens (including phenoxy) is 2. The van der Waals surface area contributed by atoms with Crippen molar-refractivity contribution in [3.05, 3.63) is 46.9 Å². The van der Waals surface area contributed by atoms with Gasteiger partial charge in [-0.25, -0.2) is 9.97 Å². The first kappa shape index (κ1) is 21.2. The number of rotatable bonds is 6. The molecule has 1 aromatic heterocycles. The Morgan fingerprint density at radius 3 is 2.90 bits per heavy atom. The van der Waals surface area contributed by atoms with Gasteiger partial charge in [-0.3, -0.25) is 14.5 Å². The van der Waals surface area contributed by atoms with Crippen molar-refractivity contribution in [2.24, 2.45) is 0 Å². The molecule has 4 rings (SSSR count). The molecule has 164 valence electrons. The molecule has 8 nitrogen and oxygen atoms in total. The summed E-state index contributed by atoms with van der Waals surface area (Å²) in [5.74, 6) is 1.88. The van der Waals surface area contributed by atoms with Crippen molar-refractivity contribution in [2.75, 3.05) is 25.7 Å². The monoisotopic (exact) mass is 424 g/mol. The molecule has 0 radical (unpaired) electrons. The molecule has 3 heterocycles. The summed E-state index contributed by atoms with van der Waals surface area (Å²) in [5.41, 5.74) is 2.80. The second-order valence-electron chi connectivity index (χ2n) is 8.05. The average Bonchev–Trinajstić information content (AvgIpc) is 3.30. The molecule has 2 aromatic rings. The highest BCUT2D eigenvalue weighted by molar-refractivity contribution is 5.95. The summed E-state index contributed by atoms with van der Waals surface area (Å²) in [7, 11) is 3.36. The number of hydrogen-bond donors (Lipinski definition) is 0. The molecule has 2 aliphatic heterocycles. The smallest absolute Gasteiger partial charge is 0.251 e. The third kappa shape index (κ3) is 4.54. The summed E-state index contributed by atoms with van der Waals surface area (Å²) in [6.45, 7) is 3.24. The zero-order chi connectivity index (χ0) is 22.0. The van der Waals surface area contributed by atoms with E-state index in [-0.39, 0.29) is 24.5 Å². The van der Waals surface area contributed by atoms with Crippen LogP contribution in [0.5, 0.6) is 5.75 Å². The van der Waals surface area contributed by atoms with Gasteiger partial charge in [-0.2, -0.15) is 0 Å². The second-order valence-corrected chi connectivity index (χ2v) is 8.05. The minimum Gasteiger partial charge on any atom is -0.497 e. The SMILES string of the molecule is COc1cccc(CN2C(=O)CCc3c(C)nc(CN(C)C(=O)C4CCCO4)nc32)c1. The molecule has 1 unspecified atom stereocenters. The zero-order valence-electron chi connectivity index (χ0n) is 18.3. The number of nitrogens with zero attached hydrogens (tertiary/aromatic N) is 4. The van der Waals surface area contributed by atoms with Crippen LogP contribution in [0.1, 0.15) is 41.9 Å². The van der Waals surface area contributed by atoms with E-state index in [4.69, 9.17) is 14.5 Å². The third-order valence-corrected chi connectivity index (χ3v) is 5.82. The van der Waals surface area contributed by atoms with Crippen LogP contribution < -0.4 is 9.64 Å². The summed E-state index contributed by atoms with van der Waals surface area (Å²) < 4.78 is 10.8. The van der Waals surface area contributed by atoms with Gasteiger partial charge in [-0.1, -0.05) is 12.1 Å². The van der Waals surface area contributed by atoms with Crippen molar-refractivity contribution in [2.45, 2.75) is 51.8 Å². The van der Waals surface area contributed by atoms with Crippen LogP contribution >= 0.6 is 0 Å². The number of likely N-dealkylation sites (N-methyl/N-ethyl adjacent to an activating group) is 1. The first-order valence-corrected chi connectivity index (χ1v) is 10.6. The maximum Gasteiger partial charge on any atom is 0.251 e. The van der Waals surface area contributed by atoms with Gasteiger partial charge >= 0.3 is 0 Å². The summed E-state index contributed by atoms with van der Waals surface area (Å²) in [6.07, 6.45) is 2.32. The van der Waals surface area contributed by atoms with Crippen LogP contribution in [0.2, 0.25) is 0 Å². The van der Waals surface area contributed by atoms with Crippen molar-refractivity contribution in [3.8, 4) is 5.75 Å². The molecule has 1 atom stereocenters. The van der Waals surface area contributed by atoms with Crippen molar-refractivity contribution in [3.63, 3.8) is 0 Å². The second kappa shape index (κ2) is 9.01. The van der Waals surface area contributed by atoms with Crippen LogP contribution in [0.4, 0.5) is 5.82 Å². The van der Waals surface area contributed by atoms with E-state index in [1.54, 1.807) is 24.0 Å². The number of methoxy groups -OCH3 is 1. The van der Waals surface area contributed by atoms with Crippen LogP contribution in [-0.2, 0) is 33.8 Å². The van der Waals surface area contributed by atoms with Gasteiger partial charge in [0.05, 0.1) is 20.2 Å². The Labute approximate surface area is 182 Å². The molecule has 0 bridgehead atoms. The molecule has 31 heavy (non-hydrogen) atoms. The van der Waals surface area contributed by atoms with E-state index in [9.17, 15) is 9.59 Å². The minimum absolute atomic E-state index is 0.0307. The number of carbonyl (C=O) groups excluding carboxylic acids is 2. The van der Waals surface area contributed by atoms with Gasteiger partial charge in [-0.15, -0.1) is 0 Å². The largest absolute Gasteiger partial charge is 0.497 e. The summed E-state index contributed by atoms with van der Waals surface area (Å²) in [5, 5.41) is 0. The van der Waals surface area contributed by atoms with Gasteiger partial charge in [0.2, 0.25) is 5.91 Å². The maximum absolute atomic E-state index is 12.8. The standard InChI is InChI=1S/C23H28N4O4/c1-15-18-9-10-21(28)27(13-16-6-4-7-17(12-16)30-3)22(18)25-20(24-15)14-26(2)23(29)19-8-5-11-31-19/h4,6-7,12,19H,5,8-11,13-14H2,1-3H3. The molecular weight excluding hydrogens is 396 g/mol. The van der Waals surface area contributed by atoms with Crippen LogP contribution in [0.15, 0.2) is 24.3 Å². The third-order valence-electron chi connectivity index (χ3n) is 5.82. The number of anilines is 1. The van der Waals surface area contributed by atoms with E-state index in [0.29, 0.717) is 37.6 Å². The van der Waals surface area contributed by atoms with Crippen LogP contribution in [0.25, 0.3) is 0 Å². The van der Waals surface area contributed by atoms with Crippen LogP contribution in [-0.4, -0.2) is 53.6 Å². The molecule has 8 heteroatoms. The molecule has 1 aromatic carbocycles. The highest BCUT2D eigenvalue weighted by Crippen LogP contribution is 2.30. The molecule has 2 amide bonds. The van der Waals surface area contributed by atoms with Gasteiger partial charge in [0.1, 0.15) is 23.5 Å². The van der Waals surface area contributed by atoms with E-state index in [0.717, 1.165) is 35.4 Å². The van der Waals surface area contributed by atoms with E-state index >= 15 is 0 Å². The predicted molar refractivity (Wildman–Crippen MR) is 115 cm³/mol. The molecule has 2 aliphatic rings. The molecule has 0 saturated carbocycles. The number of fused-ring (bicyclic) bond motifs is 1. The Bertz CT molecular complexity index is 988. The molecule has 0 N–H and O–H groups in total. The van der Waals surface area contributed by atoms with E-state index < -0.39 is 0 Å². The lowest BCUT2D eigenvalue weighted by molar-refractivity contribution is -0.140. The topological polar surface area (TPSA) is 84.9 Å². The quantitative estimate of drug-likeness (QED) is 0.708. The number of amides is 2. The fourth-order valence-corrected chi connectivity index (χ4v) is 4.13. The van der Waals surface area contributed by atoms with Gasteiger partial charge < -0.3 is 14.4 Å². The predicted octanol–water partition coefficient (Wildman–Crippen LogP) is 2.41. The van der Waals surface area contributed by atoms with E-state index in [1.807, 2.05) is 31.2 Å². The lowest BCUT2D eigenvalue weighted by Crippen LogP contribution is -2.38. The van der Waals surface area contributed by atoms with Gasteiger partial charge in [-0.05, 0) is 43.9 Å². The Morgan fingerprint density at radius 1 is 1.32 bits per heavy atom. The first-order chi connectivity index (χ1) is 15.0. The summed E-state index contributed by atoms with van der Waals surface area (Å²) in [4.78, 5) is 38.1. The normalized spacial score (nSPS) is 18.1. The average molecular weight is 425 g/mol. The van der Waals surface area contributed by atoms with E-state index in [2.05, 4.69) is 4.98 Å².